The minimum atomic E-state index is 0.198. The molecule has 0 aliphatic rings. The summed E-state index contributed by atoms with van der Waals surface area (Å²) in [6.07, 6.45) is 0. The summed E-state index contributed by atoms with van der Waals surface area (Å²) < 4.78 is 5.22. The topological polar surface area (TPSA) is 37.7 Å². The number of benzene rings is 2. The van der Waals surface area contributed by atoms with E-state index in [1.165, 1.54) is 4.90 Å². The van der Waals surface area contributed by atoms with Crippen molar-refractivity contribution >= 4 is 34.6 Å². The third-order valence-electron chi connectivity index (χ3n) is 3.77. The Kier molecular flexibility index (Phi) is 6.85. The zero-order valence-electron chi connectivity index (χ0n) is 14.1. The van der Waals surface area contributed by atoms with Gasteiger partial charge in [0.2, 0.25) is 0 Å². The number of rotatable bonds is 6. The molecule has 2 rings (SSSR count). The Labute approximate surface area is 153 Å². The number of likely N-dealkylation sites (N-methyl/N-ethyl adjacent to an activating group) is 1. The number of hydrogen-bond acceptors (Lipinski definition) is 2. The summed E-state index contributed by atoms with van der Waals surface area (Å²) in [6, 6.07) is 15.8. The second-order valence-corrected chi connectivity index (χ2v) is 6.53. The van der Waals surface area contributed by atoms with Crippen molar-refractivity contribution in [2.45, 2.75) is 6.04 Å². The lowest BCUT2D eigenvalue weighted by atomic mass is 10.1. The highest BCUT2D eigenvalue weighted by atomic mass is 35.5. The second-order valence-electron chi connectivity index (χ2n) is 5.72. The number of nitrogens with one attached hydrogen (secondary N) is 3. The molecule has 2 aromatic carbocycles. The molecule has 0 saturated heterocycles. The zero-order chi connectivity index (χ0) is 17.5. The van der Waals surface area contributed by atoms with Gasteiger partial charge in [0.25, 0.3) is 0 Å². The number of quaternary nitrogens is 1. The molecule has 0 aliphatic carbocycles. The fourth-order valence-electron chi connectivity index (χ4n) is 2.45. The number of methoxy groups -OCH3 is 1. The summed E-state index contributed by atoms with van der Waals surface area (Å²) in [5, 5.41) is 7.80. The third kappa shape index (κ3) is 5.09. The number of hydrogen-bond donors (Lipinski definition) is 3. The molecule has 0 bridgehead atoms. The highest BCUT2D eigenvalue weighted by molar-refractivity contribution is 7.80. The number of anilines is 1. The molecular weight excluding hydrogens is 342 g/mol. The van der Waals surface area contributed by atoms with Crippen molar-refractivity contribution in [3.05, 3.63) is 59.1 Å². The van der Waals surface area contributed by atoms with Gasteiger partial charge in [0.05, 0.1) is 27.7 Å². The van der Waals surface area contributed by atoms with Crippen molar-refractivity contribution in [3.8, 4) is 5.75 Å². The quantitative estimate of drug-likeness (QED) is 0.689. The third-order valence-corrected chi connectivity index (χ3v) is 4.36. The Balaban J connectivity index is 1.99. The Hall–Kier alpha value is -1.82. The van der Waals surface area contributed by atoms with E-state index in [1.54, 1.807) is 7.11 Å². The molecule has 6 heteroatoms. The first-order valence-electron chi connectivity index (χ1n) is 7.74. The van der Waals surface area contributed by atoms with E-state index in [4.69, 9.17) is 28.6 Å². The van der Waals surface area contributed by atoms with Crippen LogP contribution < -0.4 is 20.3 Å². The van der Waals surface area contributed by atoms with Crippen LogP contribution in [0.2, 0.25) is 5.02 Å². The van der Waals surface area contributed by atoms with Crippen LogP contribution in [0.3, 0.4) is 0 Å². The van der Waals surface area contributed by atoms with Crippen molar-refractivity contribution in [1.29, 1.82) is 0 Å². The summed E-state index contributed by atoms with van der Waals surface area (Å²) in [4.78, 5) is 1.28. The SMILES string of the molecule is COc1cccc(NC(=S)NC[C@H](c2ccccc2Cl)[NH+](C)C)c1. The molecule has 0 saturated carbocycles. The van der Waals surface area contributed by atoms with Crippen LogP contribution in [0.1, 0.15) is 11.6 Å². The van der Waals surface area contributed by atoms with Gasteiger partial charge in [0.1, 0.15) is 11.8 Å². The van der Waals surface area contributed by atoms with Gasteiger partial charge in [-0.3, -0.25) is 0 Å². The molecule has 0 spiro atoms. The van der Waals surface area contributed by atoms with E-state index in [2.05, 4.69) is 30.8 Å². The summed E-state index contributed by atoms with van der Waals surface area (Å²) in [5.74, 6) is 0.787. The van der Waals surface area contributed by atoms with Gasteiger partial charge in [0.15, 0.2) is 5.11 Å². The van der Waals surface area contributed by atoms with Gasteiger partial charge in [-0.25, -0.2) is 0 Å². The number of thiocarbonyl (C=S) groups is 1. The molecule has 2 aromatic rings. The molecule has 0 fully saturated rings. The first-order valence-corrected chi connectivity index (χ1v) is 8.53. The predicted octanol–water partition coefficient (Wildman–Crippen LogP) is 2.52. The first-order chi connectivity index (χ1) is 11.5. The lowest BCUT2D eigenvalue weighted by Gasteiger charge is -2.24. The van der Waals surface area contributed by atoms with Crippen molar-refractivity contribution in [2.24, 2.45) is 0 Å². The van der Waals surface area contributed by atoms with Crippen molar-refractivity contribution in [1.82, 2.24) is 5.32 Å². The van der Waals surface area contributed by atoms with Crippen LogP contribution in [0.4, 0.5) is 5.69 Å². The van der Waals surface area contributed by atoms with E-state index in [-0.39, 0.29) is 6.04 Å². The normalized spacial score (nSPS) is 11.9. The summed E-state index contributed by atoms with van der Waals surface area (Å²) >= 11 is 11.7. The highest BCUT2D eigenvalue weighted by Gasteiger charge is 2.20. The van der Waals surface area contributed by atoms with E-state index in [0.29, 0.717) is 11.7 Å². The molecule has 3 N–H and O–H groups in total. The minimum Gasteiger partial charge on any atom is -0.497 e. The highest BCUT2D eigenvalue weighted by Crippen LogP contribution is 2.20. The van der Waals surface area contributed by atoms with Gasteiger partial charge in [-0.05, 0) is 30.4 Å². The van der Waals surface area contributed by atoms with Crippen LogP contribution in [0.15, 0.2) is 48.5 Å². The Bertz CT molecular complexity index is 693. The van der Waals surface area contributed by atoms with Gasteiger partial charge in [-0.2, -0.15) is 0 Å². The predicted molar refractivity (Wildman–Crippen MR) is 104 cm³/mol. The van der Waals surface area contributed by atoms with Crippen LogP contribution in [0.5, 0.6) is 5.75 Å². The molecule has 24 heavy (non-hydrogen) atoms. The maximum Gasteiger partial charge on any atom is 0.171 e. The fraction of sp³-hybridized carbons (Fsp3) is 0.278. The molecule has 1 atom stereocenters. The lowest BCUT2D eigenvalue weighted by molar-refractivity contribution is -0.890. The summed E-state index contributed by atoms with van der Waals surface area (Å²) in [6.45, 7) is 0.682. The van der Waals surface area contributed by atoms with Gasteiger partial charge in [-0.1, -0.05) is 35.9 Å². The van der Waals surface area contributed by atoms with Crippen LogP contribution in [-0.4, -0.2) is 32.9 Å². The van der Waals surface area contributed by atoms with E-state index in [0.717, 1.165) is 22.0 Å². The van der Waals surface area contributed by atoms with E-state index in [1.807, 2.05) is 42.5 Å². The fourth-order valence-corrected chi connectivity index (χ4v) is 2.92. The molecule has 4 nitrogen and oxygen atoms in total. The maximum atomic E-state index is 6.34. The van der Waals surface area contributed by atoms with Crippen LogP contribution in [0.25, 0.3) is 0 Å². The van der Waals surface area contributed by atoms with Crippen LogP contribution in [-0.2, 0) is 0 Å². The molecule has 0 radical (unpaired) electrons. The Morgan fingerprint density at radius 1 is 1.21 bits per heavy atom. The molecule has 0 unspecified atom stereocenters. The van der Waals surface area contributed by atoms with Gasteiger partial charge in [-0.15, -0.1) is 0 Å². The average Bonchev–Trinajstić information content (AvgIpc) is 2.56. The van der Waals surface area contributed by atoms with Gasteiger partial charge < -0.3 is 20.3 Å². The molecule has 128 valence electrons. The molecule has 0 amide bonds. The maximum absolute atomic E-state index is 6.34. The van der Waals surface area contributed by atoms with Crippen LogP contribution in [0, 0.1) is 0 Å². The second kappa shape index (κ2) is 8.87. The lowest BCUT2D eigenvalue weighted by Crippen LogP contribution is -3.07. The molecule has 0 heterocycles. The first kappa shape index (κ1) is 18.5. The Morgan fingerprint density at radius 3 is 2.62 bits per heavy atom. The van der Waals surface area contributed by atoms with E-state index in [9.17, 15) is 0 Å². The minimum absolute atomic E-state index is 0.198. The number of halogens is 1. The summed E-state index contributed by atoms with van der Waals surface area (Å²) in [7, 11) is 5.85. The van der Waals surface area contributed by atoms with Crippen molar-refractivity contribution in [2.75, 3.05) is 33.1 Å². The molecule has 0 aromatic heterocycles. The standard InChI is InChI=1S/C18H22ClN3OS/c1-22(2)17(15-9-4-5-10-16(15)19)12-20-18(24)21-13-7-6-8-14(11-13)23-3/h4-11,17H,12H2,1-3H3,(H2,20,21,24)/p+1/t17-/m1/s1. The zero-order valence-corrected chi connectivity index (χ0v) is 15.7. The van der Waals surface area contributed by atoms with E-state index < -0.39 is 0 Å². The van der Waals surface area contributed by atoms with Crippen molar-refractivity contribution in [3.63, 3.8) is 0 Å². The van der Waals surface area contributed by atoms with Gasteiger partial charge >= 0.3 is 0 Å². The van der Waals surface area contributed by atoms with Crippen molar-refractivity contribution < 1.29 is 9.64 Å². The molecule has 0 aliphatic heterocycles. The average molecular weight is 365 g/mol. The smallest absolute Gasteiger partial charge is 0.171 e. The summed E-state index contributed by atoms with van der Waals surface area (Å²) in [5.41, 5.74) is 1.99. The number of ether oxygens (including phenoxy) is 1. The van der Waals surface area contributed by atoms with Crippen LogP contribution >= 0.6 is 23.8 Å². The van der Waals surface area contributed by atoms with Gasteiger partial charge in [0, 0.05) is 22.3 Å². The largest absolute Gasteiger partial charge is 0.497 e. The Morgan fingerprint density at radius 2 is 1.96 bits per heavy atom. The monoisotopic (exact) mass is 364 g/mol. The molecular formula is C18H23ClN3OS+. The van der Waals surface area contributed by atoms with E-state index >= 15 is 0 Å².